The minimum absolute atomic E-state index is 0.0936. The molecule has 23 heavy (non-hydrogen) atoms. The summed E-state index contributed by atoms with van der Waals surface area (Å²) in [5, 5.41) is 2.77. The van der Waals surface area contributed by atoms with Crippen LogP contribution >= 0.6 is 15.9 Å². The number of allylic oxidation sites excluding steroid dienone is 1. The SMILES string of the molecule is C=CCc1ccc(OCC(=O)Nc2cccc(Br)c2)c(OC)c1. The minimum Gasteiger partial charge on any atom is -0.493 e. The van der Waals surface area contributed by atoms with E-state index in [1.54, 1.807) is 13.2 Å². The largest absolute Gasteiger partial charge is 0.493 e. The van der Waals surface area contributed by atoms with Crippen molar-refractivity contribution in [1.82, 2.24) is 0 Å². The molecule has 0 unspecified atom stereocenters. The summed E-state index contributed by atoms with van der Waals surface area (Å²) in [6.45, 7) is 3.62. The zero-order valence-electron chi connectivity index (χ0n) is 12.8. The molecule has 120 valence electrons. The minimum atomic E-state index is -0.236. The number of hydrogen-bond acceptors (Lipinski definition) is 3. The van der Waals surface area contributed by atoms with Gasteiger partial charge in [-0.25, -0.2) is 0 Å². The Morgan fingerprint density at radius 3 is 2.78 bits per heavy atom. The molecule has 2 aromatic rings. The van der Waals surface area contributed by atoms with E-state index in [9.17, 15) is 4.79 Å². The van der Waals surface area contributed by atoms with Gasteiger partial charge < -0.3 is 14.8 Å². The van der Waals surface area contributed by atoms with Crippen LogP contribution in [0.4, 0.5) is 5.69 Å². The van der Waals surface area contributed by atoms with E-state index in [2.05, 4.69) is 27.8 Å². The van der Waals surface area contributed by atoms with Crippen molar-refractivity contribution < 1.29 is 14.3 Å². The summed E-state index contributed by atoms with van der Waals surface area (Å²) < 4.78 is 11.8. The predicted molar refractivity (Wildman–Crippen MR) is 95.2 cm³/mol. The Balaban J connectivity index is 1.97. The fourth-order valence-electron chi connectivity index (χ4n) is 2.03. The Morgan fingerprint density at radius 1 is 1.26 bits per heavy atom. The number of carbonyl (C=O) groups is 1. The highest BCUT2D eigenvalue weighted by Crippen LogP contribution is 2.28. The maximum absolute atomic E-state index is 12.0. The maximum atomic E-state index is 12.0. The molecule has 4 nitrogen and oxygen atoms in total. The van der Waals surface area contributed by atoms with Gasteiger partial charge in [-0.2, -0.15) is 0 Å². The lowest BCUT2D eigenvalue weighted by Crippen LogP contribution is -2.20. The first kappa shape index (κ1) is 17.1. The van der Waals surface area contributed by atoms with Crippen LogP contribution < -0.4 is 14.8 Å². The zero-order chi connectivity index (χ0) is 16.7. The number of ether oxygens (including phenoxy) is 2. The average molecular weight is 376 g/mol. The molecule has 2 aromatic carbocycles. The molecule has 0 atom stereocenters. The average Bonchev–Trinajstić information content (AvgIpc) is 2.54. The lowest BCUT2D eigenvalue weighted by Gasteiger charge is -2.12. The van der Waals surface area contributed by atoms with E-state index in [4.69, 9.17) is 9.47 Å². The number of rotatable bonds is 7. The summed E-state index contributed by atoms with van der Waals surface area (Å²) in [7, 11) is 1.57. The first-order valence-electron chi connectivity index (χ1n) is 7.08. The summed E-state index contributed by atoms with van der Waals surface area (Å²) in [4.78, 5) is 12.0. The highest BCUT2D eigenvalue weighted by molar-refractivity contribution is 9.10. The molecule has 0 fully saturated rings. The van der Waals surface area contributed by atoms with Crippen molar-refractivity contribution >= 4 is 27.5 Å². The van der Waals surface area contributed by atoms with Crippen LogP contribution in [-0.2, 0) is 11.2 Å². The van der Waals surface area contributed by atoms with Crippen LogP contribution in [0.1, 0.15) is 5.56 Å². The fraction of sp³-hybridized carbons (Fsp3) is 0.167. The number of hydrogen-bond donors (Lipinski definition) is 1. The molecule has 0 aliphatic rings. The molecule has 1 N–H and O–H groups in total. The molecule has 5 heteroatoms. The van der Waals surface area contributed by atoms with Gasteiger partial charge in [0.05, 0.1) is 7.11 Å². The Labute approximate surface area is 144 Å². The van der Waals surface area contributed by atoms with Gasteiger partial charge in [0.1, 0.15) is 0 Å². The molecular weight excluding hydrogens is 358 g/mol. The standard InChI is InChI=1S/C18H18BrNO3/c1-3-5-13-8-9-16(17(10-13)22-2)23-12-18(21)20-15-7-4-6-14(19)11-15/h3-4,6-11H,1,5,12H2,2H3,(H,20,21). The van der Waals surface area contributed by atoms with E-state index in [0.717, 1.165) is 16.5 Å². The van der Waals surface area contributed by atoms with Gasteiger partial charge >= 0.3 is 0 Å². The van der Waals surface area contributed by atoms with Gasteiger partial charge in [0, 0.05) is 10.2 Å². The second-order valence-electron chi connectivity index (χ2n) is 4.83. The number of benzene rings is 2. The molecule has 0 saturated heterocycles. The summed E-state index contributed by atoms with van der Waals surface area (Å²) >= 11 is 3.36. The molecule has 0 aliphatic carbocycles. The van der Waals surface area contributed by atoms with Gasteiger partial charge in [-0.15, -0.1) is 6.58 Å². The van der Waals surface area contributed by atoms with Crippen LogP contribution in [0, 0.1) is 0 Å². The lowest BCUT2D eigenvalue weighted by atomic mass is 10.1. The van der Waals surface area contributed by atoms with Crippen molar-refractivity contribution in [3.8, 4) is 11.5 Å². The lowest BCUT2D eigenvalue weighted by molar-refractivity contribution is -0.118. The van der Waals surface area contributed by atoms with E-state index in [0.29, 0.717) is 17.2 Å². The van der Waals surface area contributed by atoms with Crippen LogP contribution in [0.25, 0.3) is 0 Å². The third kappa shape index (κ3) is 5.14. The third-order valence-corrected chi connectivity index (χ3v) is 3.57. The van der Waals surface area contributed by atoms with Gasteiger partial charge in [-0.3, -0.25) is 4.79 Å². The van der Waals surface area contributed by atoms with E-state index in [1.165, 1.54) is 0 Å². The number of halogens is 1. The Morgan fingerprint density at radius 2 is 2.09 bits per heavy atom. The zero-order valence-corrected chi connectivity index (χ0v) is 14.4. The van der Waals surface area contributed by atoms with Crippen molar-refractivity contribution in [2.75, 3.05) is 19.0 Å². The van der Waals surface area contributed by atoms with E-state index in [1.807, 2.05) is 42.5 Å². The van der Waals surface area contributed by atoms with Crippen LogP contribution in [0.3, 0.4) is 0 Å². The first-order valence-corrected chi connectivity index (χ1v) is 7.87. The van der Waals surface area contributed by atoms with Crippen LogP contribution in [0.5, 0.6) is 11.5 Å². The second kappa shape index (κ2) is 8.39. The highest BCUT2D eigenvalue weighted by atomic mass is 79.9. The summed E-state index contributed by atoms with van der Waals surface area (Å²) in [5.41, 5.74) is 1.78. The Kier molecular flexibility index (Phi) is 6.23. The van der Waals surface area contributed by atoms with Gasteiger partial charge in [0.2, 0.25) is 0 Å². The summed E-state index contributed by atoms with van der Waals surface area (Å²) in [5.74, 6) is 0.893. The van der Waals surface area contributed by atoms with E-state index >= 15 is 0 Å². The number of carbonyl (C=O) groups excluding carboxylic acids is 1. The number of amides is 1. The van der Waals surface area contributed by atoms with Gasteiger partial charge in [0.25, 0.3) is 5.91 Å². The van der Waals surface area contributed by atoms with Crippen molar-refractivity contribution in [3.05, 3.63) is 65.2 Å². The molecule has 2 rings (SSSR count). The molecule has 0 aliphatic heterocycles. The smallest absolute Gasteiger partial charge is 0.262 e. The van der Waals surface area contributed by atoms with Crippen molar-refractivity contribution in [1.29, 1.82) is 0 Å². The van der Waals surface area contributed by atoms with Gasteiger partial charge in [-0.1, -0.05) is 34.1 Å². The molecule has 0 saturated carbocycles. The second-order valence-corrected chi connectivity index (χ2v) is 5.74. The Bertz CT molecular complexity index is 700. The van der Waals surface area contributed by atoms with Crippen LogP contribution in [0.2, 0.25) is 0 Å². The number of methoxy groups -OCH3 is 1. The first-order chi connectivity index (χ1) is 11.1. The maximum Gasteiger partial charge on any atom is 0.262 e. The number of nitrogens with one attached hydrogen (secondary N) is 1. The topological polar surface area (TPSA) is 47.6 Å². The third-order valence-electron chi connectivity index (χ3n) is 3.08. The quantitative estimate of drug-likeness (QED) is 0.737. The normalized spacial score (nSPS) is 10.0. The Hall–Kier alpha value is -2.27. The molecule has 0 bridgehead atoms. The van der Waals surface area contributed by atoms with Gasteiger partial charge in [0.15, 0.2) is 18.1 Å². The highest BCUT2D eigenvalue weighted by Gasteiger charge is 2.09. The summed E-state index contributed by atoms with van der Waals surface area (Å²) in [6, 6.07) is 13.0. The number of anilines is 1. The monoisotopic (exact) mass is 375 g/mol. The molecule has 0 aromatic heterocycles. The molecule has 0 radical (unpaired) electrons. The van der Waals surface area contributed by atoms with Crippen LogP contribution in [-0.4, -0.2) is 19.6 Å². The molecular formula is C18H18BrNO3. The van der Waals surface area contributed by atoms with Crippen molar-refractivity contribution in [2.24, 2.45) is 0 Å². The molecule has 0 heterocycles. The predicted octanol–water partition coefficient (Wildman–Crippen LogP) is 4.20. The molecule has 0 spiro atoms. The van der Waals surface area contributed by atoms with Crippen molar-refractivity contribution in [3.63, 3.8) is 0 Å². The van der Waals surface area contributed by atoms with E-state index in [-0.39, 0.29) is 12.5 Å². The molecule has 1 amide bonds. The van der Waals surface area contributed by atoms with Gasteiger partial charge in [-0.05, 0) is 42.3 Å². The van der Waals surface area contributed by atoms with Crippen molar-refractivity contribution in [2.45, 2.75) is 6.42 Å². The fourth-order valence-corrected chi connectivity index (χ4v) is 2.43. The van der Waals surface area contributed by atoms with E-state index < -0.39 is 0 Å². The summed E-state index contributed by atoms with van der Waals surface area (Å²) in [6.07, 6.45) is 2.57. The van der Waals surface area contributed by atoms with Crippen LogP contribution in [0.15, 0.2) is 59.6 Å².